The summed E-state index contributed by atoms with van der Waals surface area (Å²) < 4.78 is 1.04. The highest BCUT2D eigenvalue weighted by atomic mass is 79.9. The van der Waals surface area contributed by atoms with Gasteiger partial charge in [0.05, 0.1) is 11.3 Å². The summed E-state index contributed by atoms with van der Waals surface area (Å²) in [5, 5.41) is 8.64. The fourth-order valence-corrected chi connectivity index (χ4v) is 1.52. The minimum Gasteiger partial charge on any atom is -0.255 e. The highest BCUT2D eigenvalue weighted by Crippen LogP contribution is 2.19. The molecule has 2 nitrogen and oxygen atoms in total. The fourth-order valence-electron chi connectivity index (χ4n) is 1.25. The third-order valence-electron chi connectivity index (χ3n) is 2.03. The molecule has 0 saturated carbocycles. The van der Waals surface area contributed by atoms with Crippen molar-refractivity contribution in [2.75, 3.05) is 0 Å². The van der Waals surface area contributed by atoms with Crippen molar-refractivity contribution in [2.45, 2.75) is 0 Å². The second-order valence-electron chi connectivity index (χ2n) is 3.05. The average Bonchev–Trinajstić information content (AvgIpc) is 2.30. The average molecular weight is 259 g/mol. The van der Waals surface area contributed by atoms with E-state index < -0.39 is 0 Å². The van der Waals surface area contributed by atoms with Crippen molar-refractivity contribution in [1.29, 1.82) is 5.26 Å². The van der Waals surface area contributed by atoms with E-state index in [1.54, 1.807) is 12.3 Å². The van der Waals surface area contributed by atoms with Gasteiger partial charge in [-0.25, -0.2) is 0 Å². The molecule has 0 unspecified atom stereocenters. The maximum absolute atomic E-state index is 8.64. The van der Waals surface area contributed by atoms with E-state index in [2.05, 4.69) is 20.9 Å². The van der Waals surface area contributed by atoms with E-state index >= 15 is 0 Å². The van der Waals surface area contributed by atoms with Gasteiger partial charge < -0.3 is 0 Å². The molecule has 2 aromatic rings. The van der Waals surface area contributed by atoms with Crippen LogP contribution < -0.4 is 0 Å². The molecule has 0 spiro atoms. The Labute approximate surface area is 96.3 Å². The lowest BCUT2D eigenvalue weighted by molar-refractivity contribution is 1.30. The molecule has 1 aromatic carbocycles. The Kier molecular flexibility index (Phi) is 2.79. The first-order valence-electron chi connectivity index (χ1n) is 4.42. The van der Waals surface area contributed by atoms with E-state index in [1.807, 2.05) is 36.4 Å². The first-order valence-corrected chi connectivity index (χ1v) is 5.21. The lowest BCUT2D eigenvalue weighted by Gasteiger charge is -2.00. The summed E-state index contributed by atoms with van der Waals surface area (Å²) >= 11 is 3.38. The molecule has 0 fully saturated rings. The highest BCUT2D eigenvalue weighted by Gasteiger charge is 1.98. The summed E-state index contributed by atoms with van der Waals surface area (Å²) in [4.78, 5) is 4.21. The Balaban J connectivity index is 2.38. The zero-order chi connectivity index (χ0) is 10.7. The largest absolute Gasteiger partial charge is 0.255 e. The van der Waals surface area contributed by atoms with Crippen molar-refractivity contribution in [1.82, 2.24) is 4.98 Å². The Bertz CT molecular complexity index is 495. The van der Waals surface area contributed by atoms with Crippen LogP contribution in [0.5, 0.6) is 0 Å². The summed E-state index contributed by atoms with van der Waals surface area (Å²) in [5.74, 6) is 0. The lowest BCUT2D eigenvalue weighted by Crippen LogP contribution is -1.83. The molecule has 0 bridgehead atoms. The van der Waals surface area contributed by atoms with Crippen LogP contribution in [0.1, 0.15) is 5.56 Å². The van der Waals surface area contributed by atoms with Gasteiger partial charge >= 0.3 is 0 Å². The van der Waals surface area contributed by atoms with Crippen molar-refractivity contribution in [3.63, 3.8) is 0 Å². The summed E-state index contributed by atoms with van der Waals surface area (Å²) in [6, 6.07) is 13.6. The smallest absolute Gasteiger partial charge is 0.101 e. The summed E-state index contributed by atoms with van der Waals surface area (Å²) in [7, 11) is 0. The van der Waals surface area contributed by atoms with Gasteiger partial charge in [0, 0.05) is 16.2 Å². The molecular weight excluding hydrogens is 252 g/mol. The van der Waals surface area contributed by atoms with Gasteiger partial charge in [-0.15, -0.1) is 0 Å². The number of nitrogens with zero attached hydrogens (tertiary/aromatic N) is 2. The van der Waals surface area contributed by atoms with Crippen LogP contribution in [0.15, 0.2) is 47.1 Å². The molecule has 0 aliphatic rings. The highest BCUT2D eigenvalue weighted by molar-refractivity contribution is 9.10. The van der Waals surface area contributed by atoms with Crippen molar-refractivity contribution < 1.29 is 0 Å². The Morgan fingerprint density at radius 2 is 1.80 bits per heavy atom. The van der Waals surface area contributed by atoms with E-state index in [4.69, 9.17) is 5.26 Å². The fraction of sp³-hybridized carbons (Fsp3) is 0. The van der Waals surface area contributed by atoms with Crippen molar-refractivity contribution in [3.8, 4) is 17.3 Å². The number of hydrogen-bond donors (Lipinski definition) is 0. The molecule has 0 atom stereocenters. The molecule has 72 valence electrons. The van der Waals surface area contributed by atoms with Gasteiger partial charge in [0.25, 0.3) is 0 Å². The number of rotatable bonds is 1. The van der Waals surface area contributed by atoms with Gasteiger partial charge in [0.15, 0.2) is 0 Å². The van der Waals surface area contributed by atoms with Crippen LogP contribution in [0.4, 0.5) is 0 Å². The second kappa shape index (κ2) is 4.24. The molecule has 0 aliphatic heterocycles. The molecule has 1 heterocycles. The van der Waals surface area contributed by atoms with E-state index in [9.17, 15) is 0 Å². The number of aromatic nitrogens is 1. The Morgan fingerprint density at radius 1 is 1.07 bits per heavy atom. The van der Waals surface area contributed by atoms with Crippen LogP contribution in [-0.2, 0) is 0 Å². The predicted molar refractivity (Wildman–Crippen MR) is 62.1 cm³/mol. The van der Waals surface area contributed by atoms with Crippen molar-refractivity contribution in [2.24, 2.45) is 0 Å². The second-order valence-corrected chi connectivity index (χ2v) is 3.97. The van der Waals surface area contributed by atoms with Crippen LogP contribution >= 0.6 is 15.9 Å². The molecular formula is C12H7BrN2. The molecule has 15 heavy (non-hydrogen) atoms. The topological polar surface area (TPSA) is 36.7 Å². The molecule has 1 aromatic heterocycles. The summed E-state index contributed by atoms with van der Waals surface area (Å²) in [6.45, 7) is 0. The number of hydrogen-bond acceptors (Lipinski definition) is 2. The van der Waals surface area contributed by atoms with Gasteiger partial charge in [-0.1, -0.05) is 28.1 Å². The van der Waals surface area contributed by atoms with E-state index in [0.29, 0.717) is 5.56 Å². The molecule has 0 radical (unpaired) electrons. The van der Waals surface area contributed by atoms with Gasteiger partial charge in [0.2, 0.25) is 0 Å². The van der Waals surface area contributed by atoms with Crippen LogP contribution in [0.2, 0.25) is 0 Å². The van der Waals surface area contributed by atoms with Crippen molar-refractivity contribution >= 4 is 15.9 Å². The number of nitriles is 1. The normalized spacial score (nSPS) is 9.60. The van der Waals surface area contributed by atoms with E-state index in [0.717, 1.165) is 15.7 Å². The third kappa shape index (κ3) is 2.23. The van der Waals surface area contributed by atoms with Crippen molar-refractivity contribution in [3.05, 3.63) is 52.6 Å². The third-order valence-corrected chi connectivity index (χ3v) is 2.56. The van der Waals surface area contributed by atoms with Gasteiger partial charge in [-0.05, 0) is 24.3 Å². The predicted octanol–water partition coefficient (Wildman–Crippen LogP) is 3.38. The zero-order valence-corrected chi connectivity index (χ0v) is 9.40. The number of halogens is 1. The maximum atomic E-state index is 8.64. The Hall–Kier alpha value is -1.66. The summed E-state index contributed by atoms with van der Waals surface area (Å²) in [6.07, 6.45) is 1.58. The molecule has 3 heteroatoms. The zero-order valence-electron chi connectivity index (χ0n) is 7.81. The molecule has 0 aliphatic carbocycles. The van der Waals surface area contributed by atoms with E-state index in [-0.39, 0.29) is 0 Å². The summed E-state index contributed by atoms with van der Waals surface area (Å²) in [5.41, 5.74) is 2.50. The maximum Gasteiger partial charge on any atom is 0.101 e. The number of pyridine rings is 1. The molecule has 2 rings (SSSR count). The quantitative estimate of drug-likeness (QED) is 0.787. The minimum atomic E-state index is 0.580. The minimum absolute atomic E-state index is 0.580. The molecule has 0 saturated heterocycles. The van der Waals surface area contributed by atoms with Crippen LogP contribution in [0.25, 0.3) is 11.3 Å². The van der Waals surface area contributed by atoms with Gasteiger partial charge in [-0.2, -0.15) is 5.26 Å². The number of benzene rings is 1. The lowest BCUT2D eigenvalue weighted by atomic mass is 10.1. The Morgan fingerprint density at radius 3 is 2.33 bits per heavy atom. The van der Waals surface area contributed by atoms with Crippen LogP contribution in [-0.4, -0.2) is 4.98 Å². The van der Waals surface area contributed by atoms with Crippen LogP contribution in [0.3, 0.4) is 0 Å². The molecule has 0 N–H and O–H groups in total. The van der Waals surface area contributed by atoms with Crippen LogP contribution in [0, 0.1) is 11.3 Å². The SMILES string of the molecule is N#Cc1ccc(-c2ccc(Br)cc2)nc1. The molecule has 0 amide bonds. The van der Waals surface area contributed by atoms with E-state index in [1.165, 1.54) is 0 Å². The van der Waals surface area contributed by atoms with Gasteiger partial charge in [0.1, 0.15) is 6.07 Å². The van der Waals surface area contributed by atoms with Gasteiger partial charge in [-0.3, -0.25) is 4.98 Å². The standard InChI is InChI=1S/C12H7BrN2/c13-11-4-2-10(3-5-11)12-6-1-9(7-14)8-15-12/h1-6,8H. The monoisotopic (exact) mass is 258 g/mol. The first-order chi connectivity index (χ1) is 7.29. The first kappa shape index (κ1) is 9.88.